The van der Waals surface area contributed by atoms with Crippen molar-refractivity contribution in [2.45, 2.75) is 50.6 Å². The van der Waals surface area contributed by atoms with E-state index >= 15 is 0 Å². The summed E-state index contributed by atoms with van der Waals surface area (Å²) in [7, 11) is 0. The second kappa shape index (κ2) is 5.90. The number of nitrogens with zero attached hydrogens (tertiary/aromatic N) is 2. The minimum Gasteiger partial charge on any atom is -0.299 e. The first-order valence-electron chi connectivity index (χ1n) is 7.74. The number of benzene rings is 1. The van der Waals surface area contributed by atoms with Crippen LogP contribution in [0.5, 0.6) is 0 Å². The fraction of sp³-hybridized carbons (Fsp3) is 0.588. The third-order valence-electron chi connectivity index (χ3n) is 4.80. The normalized spacial score (nSPS) is 21.8. The Labute approximate surface area is 120 Å². The van der Waals surface area contributed by atoms with E-state index in [1.807, 2.05) is 0 Å². The van der Waals surface area contributed by atoms with Gasteiger partial charge in [0.15, 0.2) is 0 Å². The van der Waals surface area contributed by atoms with Crippen LogP contribution in [0, 0.1) is 0 Å². The quantitative estimate of drug-likeness (QED) is 0.620. The summed E-state index contributed by atoms with van der Waals surface area (Å²) in [6, 6.07) is 8.51. The van der Waals surface area contributed by atoms with E-state index in [1.54, 1.807) is 6.08 Å². The fourth-order valence-corrected chi connectivity index (χ4v) is 3.51. The van der Waals surface area contributed by atoms with Crippen molar-refractivity contribution in [3.05, 3.63) is 35.4 Å². The number of aliphatic imine (C=N–C) groups is 1. The molecular formula is C17H22N2O. The molecule has 0 atom stereocenters. The van der Waals surface area contributed by atoms with Crippen LogP contribution in [0.3, 0.4) is 0 Å². The Balaban J connectivity index is 1.85. The predicted molar refractivity (Wildman–Crippen MR) is 79.2 cm³/mol. The molecule has 3 nitrogen and oxygen atoms in total. The monoisotopic (exact) mass is 270 g/mol. The molecule has 3 heteroatoms. The Bertz CT molecular complexity index is 509. The van der Waals surface area contributed by atoms with Crippen LogP contribution in [0.1, 0.15) is 49.7 Å². The largest absolute Gasteiger partial charge is 0.299 e. The maximum absolute atomic E-state index is 10.8. The van der Waals surface area contributed by atoms with Crippen LogP contribution in [0.15, 0.2) is 29.3 Å². The van der Waals surface area contributed by atoms with Crippen LogP contribution in [0.25, 0.3) is 0 Å². The molecule has 1 aliphatic carbocycles. The molecule has 0 radical (unpaired) electrons. The van der Waals surface area contributed by atoms with E-state index in [9.17, 15) is 4.79 Å². The average Bonchev–Trinajstić information content (AvgIpc) is 2.45. The number of rotatable bonds is 4. The van der Waals surface area contributed by atoms with Gasteiger partial charge in [-0.05, 0) is 56.3 Å². The summed E-state index contributed by atoms with van der Waals surface area (Å²) in [5, 5.41) is 0. The number of likely N-dealkylation sites (tertiary alicyclic amines) is 1. The van der Waals surface area contributed by atoms with Crippen molar-refractivity contribution >= 4 is 6.08 Å². The van der Waals surface area contributed by atoms with Crippen molar-refractivity contribution in [1.29, 1.82) is 0 Å². The maximum Gasteiger partial charge on any atom is 0.235 e. The molecule has 1 heterocycles. The van der Waals surface area contributed by atoms with Gasteiger partial charge in [-0.2, -0.15) is 4.99 Å². The standard InChI is InChI=1S/C17H22N2O/c20-14-18-17(9-6-10-17)16-8-3-2-7-15(16)13-19-11-4-1-5-12-19/h2-3,7-8H,1,4-6,9-13H2. The van der Waals surface area contributed by atoms with Crippen molar-refractivity contribution < 1.29 is 4.79 Å². The minimum absolute atomic E-state index is 0.270. The highest BCUT2D eigenvalue weighted by Crippen LogP contribution is 2.46. The smallest absolute Gasteiger partial charge is 0.235 e. The highest BCUT2D eigenvalue weighted by atomic mass is 16.1. The predicted octanol–water partition coefficient (Wildman–Crippen LogP) is 3.39. The van der Waals surface area contributed by atoms with E-state index in [1.165, 1.54) is 43.5 Å². The topological polar surface area (TPSA) is 32.7 Å². The molecule has 1 aromatic rings. The zero-order valence-electron chi connectivity index (χ0n) is 12.0. The summed E-state index contributed by atoms with van der Waals surface area (Å²) in [5.41, 5.74) is 2.32. The Morgan fingerprint density at radius 2 is 1.85 bits per heavy atom. The number of piperidine rings is 1. The van der Waals surface area contributed by atoms with Crippen LogP contribution in [0.2, 0.25) is 0 Å². The molecule has 1 saturated heterocycles. The number of hydrogen-bond acceptors (Lipinski definition) is 3. The Hall–Kier alpha value is -1.44. The van der Waals surface area contributed by atoms with Crippen molar-refractivity contribution in [2.75, 3.05) is 13.1 Å². The molecule has 3 rings (SSSR count). The van der Waals surface area contributed by atoms with Gasteiger partial charge in [0.1, 0.15) is 0 Å². The van der Waals surface area contributed by atoms with Gasteiger partial charge in [0.05, 0.1) is 5.54 Å². The molecule has 1 aliphatic heterocycles. The lowest BCUT2D eigenvalue weighted by molar-refractivity contribution is 0.212. The molecule has 0 bridgehead atoms. The number of hydrogen-bond donors (Lipinski definition) is 0. The van der Waals surface area contributed by atoms with Crippen LogP contribution in [0.4, 0.5) is 0 Å². The molecule has 0 aromatic heterocycles. The maximum atomic E-state index is 10.8. The first-order valence-corrected chi connectivity index (χ1v) is 7.74. The second-order valence-electron chi connectivity index (χ2n) is 6.08. The van der Waals surface area contributed by atoms with E-state index in [4.69, 9.17) is 0 Å². The first-order chi connectivity index (χ1) is 9.84. The zero-order chi connectivity index (χ0) is 13.8. The highest BCUT2D eigenvalue weighted by Gasteiger charge is 2.40. The summed E-state index contributed by atoms with van der Waals surface area (Å²) in [6.45, 7) is 3.38. The summed E-state index contributed by atoms with van der Waals surface area (Å²) in [4.78, 5) is 17.5. The minimum atomic E-state index is -0.270. The third-order valence-corrected chi connectivity index (χ3v) is 4.80. The van der Waals surface area contributed by atoms with Crippen LogP contribution >= 0.6 is 0 Å². The van der Waals surface area contributed by atoms with Crippen LogP contribution in [-0.4, -0.2) is 24.1 Å². The Morgan fingerprint density at radius 3 is 2.50 bits per heavy atom. The second-order valence-corrected chi connectivity index (χ2v) is 6.08. The lowest BCUT2D eigenvalue weighted by atomic mass is 9.71. The van der Waals surface area contributed by atoms with Gasteiger partial charge in [0.2, 0.25) is 6.08 Å². The molecule has 2 aliphatic rings. The van der Waals surface area contributed by atoms with E-state index in [0.29, 0.717) is 0 Å². The highest BCUT2D eigenvalue weighted by molar-refractivity contribution is 5.42. The van der Waals surface area contributed by atoms with E-state index in [0.717, 1.165) is 25.8 Å². The van der Waals surface area contributed by atoms with Gasteiger partial charge in [-0.25, -0.2) is 4.79 Å². The first kappa shape index (κ1) is 13.5. The summed E-state index contributed by atoms with van der Waals surface area (Å²) in [5.74, 6) is 0. The van der Waals surface area contributed by atoms with E-state index in [2.05, 4.69) is 34.2 Å². The molecule has 1 saturated carbocycles. The molecule has 1 aromatic carbocycles. The zero-order valence-corrected chi connectivity index (χ0v) is 12.0. The van der Waals surface area contributed by atoms with Crippen LogP contribution in [-0.2, 0) is 16.9 Å². The van der Waals surface area contributed by atoms with Gasteiger partial charge in [0.25, 0.3) is 0 Å². The molecule has 0 spiro atoms. The molecule has 0 N–H and O–H groups in total. The number of isocyanates is 1. The Morgan fingerprint density at radius 1 is 1.10 bits per heavy atom. The van der Waals surface area contributed by atoms with Gasteiger partial charge >= 0.3 is 0 Å². The third kappa shape index (κ3) is 2.56. The van der Waals surface area contributed by atoms with Crippen LogP contribution < -0.4 is 0 Å². The van der Waals surface area contributed by atoms with Crippen molar-refractivity contribution in [3.8, 4) is 0 Å². The lowest BCUT2D eigenvalue weighted by Crippen LogP contribution is -2.35. The fourth-order valence-electron chi connectivity index (χ4n) is 3.51. The molecular weight excluding hydrogens is 248 g/mol. The molecule has 20 heavy (non-hydrogen) atoms. The molecule has 0 unspecified atom stereocenters. The van der Waals surface area contributed by atoms with Crippen molar-refractivity contribution in [3.63, 3.8) is 0 Å². The molecule has 106 valence electrons. The average molecular weight is 270 g/mol. The lowest BCUT2D eigenvalue weighted by Gasteiger charge is -2.39. The summed E-state index contributed by atoms with van der Waals surface area (Å²) < 4.78 is 0. The van der Waals surface area contributed by atoms with Gasteiger partial charge in [-0.15, -0.1) is 0 Å². The summed E-state index contributed by atoms with van der Waals surface area (Å²) in [6.07, 6.45) is 8.90. The van der Waals surface area contributed by atoms with Gasteiger partial charge in [-0.3, -0.25) is 4.90 Å². The SMILES string of the molecule is O=C=NC1(c2ccccc2CN2CCCCC2)CCC1. The van der Waals surface area contributed by atoms with E-state index < -0.39 is 0 Å². The van der Waals surface area contributed by atoms with Gasteiger partial charge in [-0.1, -0.05) is 30.7 Å². The molecule has 2 fully saturated rings. The van der Waals surface area contributed by atoms with Gasteiger partial charge in [0, 0.05) is 6.54 Å². The van der Waals surface area contributed by atoms with E-state index in [-0.39, 0.29) is 5.54 Å². The van der Waals surface area contributed by atoms with Crippen molar-refractivity contribution in [1.82, 2.24) is 4.90 Å². The summed E-state index contributed by atoms with van der Waals surface area (Å²) >= 11 is 0. The number of carbonyl (C=O) groups excluding carboxylic acids is 1. The molecule has 0 amide bonds. The van der Waals surface area contributed by atoms with Crippen molar-refractivity contribution in [2.24, 2.45) is 4.99 Å². The Kier molecular flexibility index (Phi) is 4.00. The van der Waals surface area contributed by atoms with Gasteiger partial charge < -0.3 is 0 Å².